The van der Waals surface area contributed by atoms with Crippen LogP contribution < -0.4 is 5.32 Å². The fourth-order valence-corrected chi connectivity index (χ4v) is 3.08. The lowest BCUT2D eigenvalue weighted by molar-refractivity contribution is -0.131. The van der Waals surface area contributed by atoms with Gasteiger partial charge in [0.2, 0.25) is 5.91 Å². The Morgan fingerprint density at radius 2 is 1.88 bits per heavy atom. The molecule has 1 aromatic carbocycles. The molecule has 3 amide bonds. The van der Waals surface area contributed by atoms with Crippen LogP contribution in [0.25, 0.3) is 10.9 Å². The molecule has 1 aliphatic heterocycles. The van der Waals surface area contributed by atoms with E-state index in [1.165, 1.54) is 0 Å². The highest BCUT2D eigenvalue weighted by Crippen LogP contribution is 2.19. The largest absolute Gasteiger partial charge is 0.383 e. The molecule has 1 aliphatic rings. The van der Waals surface area contributed by atoms with Crippen molar-refractivity contribution in [1.82, 2.24) is 20.1 Å². The van der Waals surface area contributed by atoms with Gasteiger partial charge in [-0.3, -0.25) is 4.79 Å². The smallest absolute Gasteiger partial charge is 0.317 e. The number of hydrogen-bond acceptors (Lipinski definition) is 3. The molecule has 1 aromatic heterocycles. The monoisotopic (exact) mass is 344 g/mol. The van der Waals surface area contributed by atoms with Crippen molar-refractivity contribution in [3.8, 4) is 0 Å². The van der Waals surface area contributed by atoms with Gasteiger partial charge in [0.05, 0.1) is 13.0 Å². The van der Waals surface area contributed by atoms with Crippen LogP contribution in [0.4, 0.5) is 4.79 Å². The quantitative estimate of drug-likeness (QED) is 0.801. The summed E-state index contributed by atoms with van der Waals surface area (Å²) in [4.78, 5) is 31.4. The zero-order valence-corrected chi connectivity index (χ0v) is 14.5. The second-order valence-corrected chi connectivity index (χ2v) is 6.13. The van der Waals surface area contributed by atoms with E-state index in [2.05, 4.69) is 10.3 Å². The summed E-state index contributed by atoms with van der Waals surface area (Å²) in [6.07, 6.45) is 2.28. The first-order chi connectivity index (χ1) is 12.2. The summed E-state index contributed by atoms with van der Waals surface area (Å²) in [5.74, 6) is 0.101. The van der Waals surface area contributed by atoms with Crippen LogP contribution in [-0.2, 0) is 16.0 Å². The van der Waals surface area contributed by atoms with Gasteiger partial charge in [-0.2, -0.15) is 0 Å². The van der Waals surface area contributed by atoms with Gasteiger partial charge < -0.3 is 24.8 Å². The molecule has 7 nitrogen and oxygen atoms in total. The number of nitrogens with one attached hydrogen (secondary N) is 2. The summed E-state index contributed by atoms with van der Waals surface area (Å²) in [5.41, 5.74) is 2.06. The van der Waals surface area contributed by atoms with Crippen LogP contribution in [0.15, 0.2) is 30.5 Å². The van der Waals surface area contributed by atoms with Crippen molar-refractivity contribution in [1.29, 1.82) is 0 Å². The van der Waals surface area contributed by atoms with Crippen LogP contribution in [0.2, 0.25) is 0 Å². The lowest BCUT2D eigenvalue weighted by Crippen LogP contribution is -2.53. The van der Waals surface area contributed by atoms with Crippen molar-refractivity contribution in [2.45, 2.75) is 6.42 Å². The van der Waals surface area contributed by atoms with Gasteiger partial charge in [-0.15, -0.1) is 0 Å². The Morgan fingerprint density at radius 1 is 1.16 bits per heavy atom. The number of carbonyl (C=O) groups excluding carboxylic acids is 2. The van der Waals surface area contributed by atoms with Crippen LogP contribution in [0, 0.1) is 0 Å². The van der Waals surface area contributed by atoms with Crippen molar-refractivity contribution < 1.29 is 14.3 Å². The molecule has 0 unspecified atom stereocenters. The number of hydrogen-bond donors (Lipinski definition) is 2. The molecule has 0 atom stereocenters. The minimum Gasteiger partial charge on any atom is -0.383 e. The topological polar surface area (TPSA) is 77.7 Å². The second kappa shape index (κ2) is 8.02. The molecule has 134 valence electrons. The molecule has 0 radical (unpaired) electrons. The molecule has 0 bridgehead atoms. The number of methoxy groups -OCH3 is 1. The number of H-pyrrole nitrogens is 1. The number of para-hydroxylation sites is 1. The third kappa shape index (κ3) is 4.11. The third-order valence-corrected chi connectivity index (χ3v) is 4.52. The Kier molecular flexibility index (Phi) is 5.55. The molecular formula is C18H24N4O3. The Hall–Kier alpha value is -2.54. The second-order valence-electron chi connectivity index (χ2n) is 6.13. The third-order valence-electron chi connectivity index (χ3n) is 4.52. The number of aromatic amines is 1. The van der Waals surface area contributed by atoms with Gasteiger partial charge in [0, 0.05) is 56.9 Å². The number of fused-ring (bicyclic) bond motifs is 1. The highest BCUT2D eigenvalue weighted by molar-refractivity contribution is 5.89. The minimum absolute atomic E-state index is 0.0965. The van der Waals surface area contributed by atoms with E-state index in [-0.39, 0.29) is 11.9 Å². The summed E-state index contributed by atoms with van der Waals surface area (Å²) >= 11 is 0. The van der Waals surface area contributed by atoms with Gasteiger partial charge in [0.15, 0.2) is 0 Å². The van der Waals surface area contributed by atoms with E-state index in [0.717, 1.165) is 16.5 Å². The molecular weight excluding hydrogens is 320 g/mol. The fourth-order valence-electron chi connectivity index (χ4n) is 3.08. The Morgan fingerprint density at radius 3 is 2.64 bits per heavy atom. The van der Waals surface area contributed by atoms with E-state index in [0.29, 0.717) is 45.8 Å². The maximum absolute atomic E-state index is 12.6. The number of rotatable bonds is 5. The lowest BCUT2D eigenvalue weighted by atomic mass is 10.1. The average molecular weight is 344 g/mol. The first-order valence-corrected chi connectivity index (χ1v) is 8.53. The van der Waals surface area contributed by atoms with E-state index in [9.17, 15) is 9.59 Å². The number of amides is 3. The summed E-state index contributed by atoms with van der Waals surface area (Å²) in [7, 11) is 1.60. The standard InChI is InChI=1S/C18H24N4O3/c1-25-11-6-19-18(24)22-9-7-21(8-10-22)17(23)12-14-13-20-16-5-3-2-4-15(14)16/h2-5,13,20H,6-12H2,1H3,(H,19,24). The first kappa shape index (κ1) is 17.3. The molecule has 2 N–H and O–H groups in total. The van der Waals surface area contributed by atoms with Crippen molar-refractivity contribution in [2.24, 2.45) is 0 Å². The molecule has 1 fully saturated rings. The predicted octanol–water partition coefficient (Wildman–Crippen LogP) is 1.21. The number of carbonyl (C=O) groups is 2. The molecule has 3 rings (SSSR count). The molecule has 25 heavy (non-hydrogen) atoms. The molecule has 0 spiro atoms. The van der Waals surface area contributed by atoms with Crippen molar-refractivity contribution in [3.63, 3.8) is 0 Å². The zero-order valence-electron chi connectivity index (χ0n) is 14.5. The van der Waals surface area contributed by atoms with Crippen LogP contribution in [0.1, 0.15) is 5.56 Å². The van der Waals surface area contributed by atoms with Crippen LogP contribution in [-0.4, -0.2) is 73.2 Å². The SMILES string of the molecule is COCCNC(=O)N1CCN(C(=O)Cc2c[nH]c3ccccc23)CC1. The van der Waals surface area contributed by atoms with Gasteiger partial charge >= 0.3 is 6.03 Å². The zero-order chi connectivity index (χ0) is 17.6. The molecule has 7 heteroatoms. The average Bonchev–Trinajstić information content (AvgIpc) is 3.05. The minimum atomic E-state index is -0.0965. The number of piperazine rings is 1. The van der Waals surface area contributed by atoms with E-state index >= 15 is 0 Å². The Bertz CT molecular complexity index is 735. The lowest BCUT2D eigenvalue weighted by Gasteiger charge is -2.34. The van der Waals surface area contributed by atoms with E-state index < -0.39 is 0 Å². The number of aromatic nitrogens is 1. The van der Waals surface area contributed by atoms with Gasteiger partial charge in [-0.1, -0.05) is 18.2 Å². The maximum Gasteiger partial charge on any atom is 0.317 e. The maximum atomic E-state index is 12.6. The highest BCUT2D eigenvalue weighted by Gasteiger charge is 2.24. The summed E-state index contributed by atoms with van der Waals surface area (Å²) < 4.78 is 4.92. The Balaban J connectivity index is 1.51. The van der Waals surface area contributed by atoms with Gasteiger partial charge in [-0.25, -0.2) is 4.79 Å². The number of nitrogens with zero attached hydrogens (tertiary/aromatic N) is 2. The van der Waals surface area contributed by atoms with Crippen molar-refractivity contribution in [3.05, 3.63) is 36.0 Å². The summed E-state index contributed by atoms with van der Waals surface area (Å²) in [6.45, 7) is 3.23. The fraction of sp³-hybridized carbons (Fsp3) is 0.444. The molecule has 2 aromatic rings. The molecule has 0 aliphatic carbocycles. The van der Waals surface area contributed by atoms with Gasteiger partial charge in [0.1, 0.15) is 0 Å². The van der Waals surface area contributed by atoms with E-state index in [1.54, 1.807) is 12.0 Å². The normalized spacial score (nSPS) is 14.8. The highest BCUT2D eigenvalue weighted by atomic mass is 16.5. The molecule has 0 saturated carbocycles. The van der Waals surface area contributed by atoms with Crippen LogP contribution in [0.5, 0.6) is 0 Å². The van der Waals surface area contributed by atoms with E-state index in [4.69, 9.17) is 4.74 Å². The van der Waals surface area contributed by atoms with Gasteiger partial charge in [0.25, 0.3) is 0 Å². The van der Waals surface area contributed by atoms with Crippen molar-refractivity contribution in [2.75, 3.05) is 46.4 Å². The first-order valence-electron chi connectivity index (χ1n) is 8.53. The number of urea groups is 1. The summed E-state index contributed by atoms with van der Waals surface area (Å²) in [6, 6.07) is 7.88. The predicted molar refractivity (Wildman–Crippen MR) is 95.4 cm³/mol. The number of benzene rings is 1. The van der Waals surface area contributed by atoms with E-state index in [1.807, 2.05) is 35.4 Å². The number of ether oxygens (including phenoxy) is 1. The van der Waals surface area contributed by atoms with Crippen LogP contribution >= 0.6 is 0 Å². The summed E-state index contributed by atoms with van der Waals surface area (Å²) in [5, 5.41) is 3.90. The Labute approximate surface area is 146 Å². The molecule has 1 saturated heterocycles. The van der Waals surface area contributed by atoms with Crippen LogP contribution in [0.3, 0.4) is 0 Å². The molecule has 2 heterocycles. The van der Waals surface area contributed by atoms with Crippen molar-refractivity contribution >= 4 is 22.8 Å². The van der Waals surface area contributed by atoms with Gasteiger partial charge in [-0.05, 0) is 11.6 Å².